The summed E-state index contributed by atoms with van der Waals surface area (Å²) in [5, 5.41) is 3.53. The number of aromatic nitrogens is 1. The fraction of sp³-hybridized carbons (Fsp3) is 0.200. The first-order valence-corrected chi connectivity index (χ1v) is 9.23. The standard InChI is InChI=1S/C20H19BrN2O4/c1-13-5-4-6-14(11-13)26-10-9-22-17(24)12-27-20(25)19-18(21)15-7-2-3-8-16(15)23-19/h2-8,11,23H,9-10,12H2,1H3,(H,22,24). The molecule has 1 aromatic heterocycles. The monoisotopic (exact) mass is 430 g/mol. The molecule has 2 N–H and O–H groups in total. The van der Waals surface area contributed by atoms with E-state index in [1.807, 2.05) is 55.5 Å². The molecule has 0 aliphatic carbocycles. The number of para-hydroxylation sites is 1. The molecule has 1 heterocycles. The van der Waals surface area contributed by atoms with Crippen molar-refractivity contribution in [2.24, 2.45) is 0 Å². The minimum absolute atomic E-state index is 0.284. The van der Waals surface area contributed by atoms with Crippen molar-refractivity contribution < 1.29 is 19.1 Å². The highest BCUT2D eigenvalue weighted by Gasteiger charge is 2.18. The van der Waals surface area contributed by atoms with Crippen LogP contribution in [0.3, 0.4) is 0 Å². The Bertz CT molecular complexity index is 968. The summed E-state index contributed by atoms with van der Waals surface area (Å²) in [5.74, 6) is -0.230. The van der Waals surface area contributed by atoms with Crippen molar-refractivity contribution in [1.29, 1.82) is 0 Å². The summed E-state index contributed by atoms with van der Waals surface area (Å²) in [7, 11) is 0. The first-order chi connectivity index (χ1) is 13.0. The van der Waals surface area contributed by atoms with Crippen LogP contribution in [-0.2, 0) is 9.53 Å². The van der Waals surface area contributed by atoms with Gasteiger partial charge in [-0.15, -0.1) is 0 Å². The lowest BCUT2D eigenvalue weighted by Crippen LogP contribution is -2.32. The number of carbonyl (C=O) groups is 2. The van der Waals surface area contributed by atoms with Crippen LogP contribution in [0.25, 0.3) is 10.9 Å². The number of carbonyl (C=O) groups excluding carboxylic acids is 2. The smallest absolute Gasteiger partial charge is 0.356 e. The minimum Gasteiger partial charge on any atom is -0.492 e. The van der Waals surface area contributed by atoms with Crippen LogP contribution >= 0.6 is 15.9 Å². The van der Waals surface area contributed by atoms with Gasteiger partial charge in [0.25, 0.3) is 5.91 Å². The van der Waals surface area contributed by atoms with Crippen LogP contribution in [0.15, 0.2) is 53.0 Å². The fourth-order valence-corrected chi connectivity index (χ4v) is 3.17. The minimum atomic E-state index is -0.593. The number of hydrogen-bond donors (Lipinski definition) is 2. The van der Waals surface area contributed by atoms with Crippen LogP contribution in [0.1, 0.15) is 16.1 Å². The van der Waals surface area contributed by atoms with Gasteiger partial charge in [-0.05, 0) is 46.6 Å². The van der Waals surface area contributed by atoms with Crippen LogP contribution in [0, 0.1) is 6.92 Å². The third-order valence-corrected chi connectivity index (χ3v) is 4.69. The van der Waals surface area contributed by atoms with Gasteiger partial charge >= 0.3 is 5.97 Å². The molecule has 0 atom stereocenters. The predicted octanol–water partition coefficient (Wildman–Crippen LogP) is 3.59. The molecule has 0 spiro atoms. The van der Waals surface area contributed by atoms with Crippen molar-refractivity contribution >= 4 is 38.7 Å². The van der Waals surface area contributed by atoms with Gasteiger partial charge in [-0.3, -0.25) is 4.79 Å². The van der Waals surface area contributed by atoms with Crippen molar-refractivity contribution in [2.45, 2.75) is 6.92 Å². The van der Waals surface area contributed by atoms with Gasteiger partial charge in [-0.2, -0.15) is 0 Å². The number of nitrogens with one attached hydrogen (secondary N) is 2. The Morgan fingerprint density at radius 3 is 2.74 bits per heavy atom. The summed E-state index contributed by atoms with van der Waals surface area (Å²) in [6.45, 7) is 2.27. The molecule has 2 aromatic carbocycles. The molecule has 6 nitrogen and oxygen atoms in total. The Labute approximate surface area is 165 Å². The second kappa shape index (κ2) is 8.73. The summed E-state index contributed by atoms with van der Waals surface area (Å²) in [4.78, 5) is 27.0. The van der Waals surface area contributed by atoms with Crippen LogP contribution < -0.4 is 10.1 Å². The normalized spacial score (nSPS) is 10.6. The summed E-state index contributed by atoms with van der Waals surface area (Å²) >= 11 is 3.39. The maximum Gasteiger partial charge on any atom is 0.356 e. The molecule has 140 valence electrons. The average molecular weight is 431 g/mol. The number of esters is 1. The maximum atomic E-state index is 12.2. The number of aryl methyl sites for hydroxylation is 1. The fourth-order valence-electron chi connectivity index (χ4n) is 2.57. The summed E-state index contributed by atoms with van der Waals surface area (Å²) < 4.78 is 11.2. The summed E-state index contributed by atoms with van der Waals surface area (Å²) in [6.07, 6.45) is 0. The molecular formula is C20H19BrN2O4. The molecule has 0 saturated heterocycles. The number of ether oxygens (including phenoxy) is 2. The zero-order valence-electron chi connectivity index (χ0n) is 14.8. The first-order valence-electron chi connectivity index (χ1n) is 8.44. The highest BCUT2D eigenvalue weighted by Crippen LogP contribution is 2.28. The van der Waals surface area contributed by atoms with Gasteiger partial charge in [0.15, 0.2) is 6.61 Å². The molecule has 0 bridgehead atoms. The highest BCUT2D eigenvalue weighted by molar-refractivity contribution is 9.10. The molecular weight excluding hydrogens is 412 g/mol. The van der Waals surface area contributed by atoms with Crippen molar-refractivity contribution in [2.75, 3.05) is 19.8 Å². The molecule has 3 rings (SSSR count). The summed E-state index contributed by atoms with van der Waals surface area (Å²) in [6, 6.07) is 15.1. The van der Waals surface area contributed by atoms with E-state index in [0.717, 1.165) is 22.2 Å². The SMILES string of the molecule is Cc1cccc(OCCNC(=O)COC(=O)c2[nH]c3ccccc3c2Br)c1. The number of benzene rings is 2. The largest absolute Gasteiger partial charge is 0.492 e. The van der Waals surface area contributed by atoms with Gasteiger partial charge in [0, 0.05) is 10.9 Å². The van der Waals surface area contributed by atoms with Gasteiger partial charge in [0.2, 0.25) is 0 Å². The molecule has 0 fully saturated rings. The maximum absolute atomic E-state index is 12.2. The predicted molar refractivity (Wildman–Crippen MR) is 106 cm³/mol. The van der Waals surface area contributed by atoms with Crippen LogP contribution in [0.2, 0.25) is 0 Å². The van der Waals surface area contributed by atoms with Crippen LogP contribution in [0.5, 0.6) is 5.75 Å². The molecule has 3 aromatic rings. The Balaban J connectivity index is 1.43. The lowest BCUT2D eigenvalue weighted by Gasteiger charge is -2.08. The number of amides is 1. The van der Waals surface area contributed by atoms with Crippen molar-refractivity contribution in [3.63, 3.8) is 0 Å². The molecule has 0 aliphatic heterocycles. The van der Waals surface area contributed by atoms with E-state index < -0.39 is 5.97 Å². The van der Waals surface area contributed by atoms with E-state index in [1.54, 1.807) is 0 Å². The van der Waals surface area contributed by atoms with E-state index in [-0.39, 0.29) is 18.2 Å². The molecule has 0 saturated carbocycles. The summed E-state index contributed by atoms with van der Waals surface area (Å²) in [5.41, 5.74) is 2.20. The number of H-pyrrole nitrogens is 1. The van der Waals surface area contributed by atoms with Crippen LogP contribution in [0.4, 0.5) is 0 Å². The molecule has 0 unspecified atom stereocenters. The van der Waals surface area contributed by atoms with Gasteiger partial charge in [0.1, 0.15) is 18.1 Å². The average Bonchev–Trinajstić information content (AvgIpc) is 3.00. The Morgan fingerprint density at radius 2 is 1.96 bits per heavy atom. The Hall–Kier alpha value is -2.80. The molecule has 1 amide bonds. The van der Waals surface area contributed by atoms with E-state index in [0.29, 0.717) is 17.6 Å². The van der Waals surface area contributed by atoms with Crippen molar-refractivity contribution in [3.05, 3.63) is 64.3 Å². The number of fused-ring (bicyclic) bond motifs is 1. The zero-order valence-corrected chi connectivity index (χ0v) is 16.3. The lowest BCUT2D eigenvalue weighted by atomic mass is 10.2. The van der Waals surface area contributed by atoms with Crippen molar-refractivity contribution in [3.8, 4) is 5.75 Å². The molecule has 0 radical (unpaired) electrons. The number of rotatable bonds is 7. The van der Waals surface area contributed by atoms with Gasteiger partial charge in [-0.25, -0.2) is 4.79 Å². The second-order valence-corrected chi connectivity index (χ2v) is 6.74. The van der Waals surface area contributed by atoms with E-state index in [2.05, 4.69) is 26.2 Å². The first kappa shape index (κ1) is 19.0. The molecule has 0 aliphatic rings. The zero-order chi connectivity index (χ0) is 19.2. The van der Waals surface area contributed by atoms with E-state index in [9.17, 15) is 9.59 Å². The van der Waals surface area contributed by atoms with E-state index >= 15 is 0 Å². The van der Waals surface area contributed by atoms with E-state index in [4.69, 9.17) is 9.47 Å². The Kier molecular flexibility index (Phi) is 6.13. The van der Waals surface area contributed by atoms with Crippen molar-refractivity contribution in [1.82, 2.24) is 10.3 Å². The number of aromatic amines is 1. The van der Waals surface area contributed by atoms with Crippen LogP contribution in [-0.4, -0.2) is 36.6 Å². The Morgan fingerprint density at radius 1 is 1.15 bits per heavy atom. The van der Waals surface area contributed by atoms with Gasteiger partial charge < -0.3 is 19.8 Å². The number of halogens is 1. The van der Waals surface area contributed by atoms with Gasteiger partial charge in [0.05, 0.1) is 11.0 Å². The lowest BCUT2D eigenvalue weighted by molar-refractivity contribution is -0.124. The van der Waals surface area contributed by atoms with E-state index in [1.165, 1.54) is 0 Å². The third kappa shape index (κ3) is 4.89. The van der Waals surface area contributed by atoms with Gasteiger partial charge in [-0.1, -0.05) is 30.3 Å². The second-order valence-electron chi connectivity index (χ2n) is 5.95. The molecule has 27 heavy (non-hydrogen) atoms. The topological polar surface area (TPSA) is 80.4 Å². The number of hydrogen-bond acceptors (Lipinski definition) is 4. The third-order valence-electron chi connectivity index (χ3n) is 3.86. The molecule has 7 heteroatoms. The quantitative estimate of drug-likeness (QED) is 0.443. The highest BCUT2D eigenvalue weighted by atomic mass is 79.9.